The summed E-state index contributed by atoms with van der Waals surface area (Å²) in [5, 5.41) is 10.8. The molecular weight excluding hydrogens is 613 g/mol. The number of hydrogen-bond acceptors (Lipinski definition) is 3. The third-order valence-corrected chi connectivity index (χ3v) is 12.8. The van der Waals surface area contributed by atoms with E-state index in [0.29, 0.717) is 24.2 Å². The molecule has 1 N–H and O–H groups in total. The van der Waals surface area contributed by atoms with Crippen molar-refractivity contribution in [3.8, 4) is 0 Å². The molecule has 6 atom stereocenters. The highest BCUT2D eigenvalue weighted by atomic mass is 16.5. The van der Waals surface area contributed by atoms with Crippen molar-refractivity contribution in [3.63, 3.8) is 0 Å². The van der Waals surface area contributed by atoms with Crippen LogP contribution in [0.2, 0.25) is 0 Å². The highest BCUT2D eigenvalue weighted by Gasteiger charge is 2.50. The van der Waals surface area contributed by atoms with Gasteiger partial charge in [-0.05, 0) is 135 Å². The molecular formula is C47H70O3. The second-order valence-electron chi connectivity index (χ2n) is 17.8. The molecule has 0 spiro atoms. The fourth-order valence-electron chi connectivity index (χ4n) is 9.87. The third-order valence-electron chi connectivity index (χ3n) is 12.8. The number of aliphatic hydroxyl groups excluding tert-OH is 1. The average Bonchev–Trinajstić information content (AvgIpc) is 3.38. The van der Waals surface area contributed by atoms with Gasteiger partial charge in [-0.15, -0.1) is 0 Å². The molecule has 4 rings (SSSR count). The number of carbonyl (C=O) groups is 1. The summed E-state index contributed by atoms with van der Waals surface area (Å²) in [6.45, 7) is 25.1. The van der Waals surface area contributed by atoms with Crippen LogP contribution in [0.5, 0.6) is 0 Å². The summed E-state index contributed by atoms with van der Waals surface area (Å²) in [6, 6.07) is 0. The van der Waals surface area contributed by atoms with Gasteiger partial charge in [0.25, 0.3) is 0 Å². The van der Waals surface area contributed by atoms with Crippen LogP contribution >= 0.6 is 0 Å². The van der Waals surface area contributed by atoms with Crippen molar-refractivity contribution >= 4 is 5.97 Å². The SMILES string of the molecule is C=C1/C(=C\C=C2/CCCC3(C)C2CC[C@@H]3[C@H](C)CCCC(C)C)C[C@@H](O)C[C@@H]1OC(=O)/C=C(C)/C=C/C=C(C)/C=C/C1=C(C)CCCC1(C)C. The van der Waals surface area contributed by atoms with Gasteiger partial charge in [-0.1, -0.05) is 127 Å². The van der Waals surface area contributed by atoms with Crippen LogP contribution in [-0.4, -0.2) is 23.3 Å². The van der Waals surface area contributed by atoms with Gasteiger partial charge in [-0.2, -0.15) is 0 Å². The van der Waals surface area contributed by atoms with Crippen LogP contribution in [0.3, 0.4) is 0 Å². The molecule has 0 amide bonds. The Labute approximate surface area is 306 Å². The second kappa shape index (κ2) is 17.7. The summed E-state index contributed by atoms with van der Waals surface area (Å²) in [6.07, 6.45) is 30.5. The summed E-state index contributed by atoms with van der Waals surface area (Å²) < 4.78 is 5.90. The van der Waals surface area contributed by atoms with E-state index in [2.05, 4.69) is 92.3 Å². The van der Waals surface area contributed by atoms with Crippen molar-refractivity contribution < 1.29 is 14.6 Å². The van der Waals surface area contributed by atoms with Crippen molar-refractivity contribution in [2.45, 2.75) is 158 Å². The number of allylic oxidation sites excluding steroid dienone is 12. The van der Waals surface area contributed by atoms with Crippen molar-refractivity contribution in [2.75, 3.05) is 0 Å². The van der Waals surface area contributed by atoms with E-state index in [1.807, 2.05) is 19.1 Å². The topological polar surface area (TPSA) is 46.5 Å². The zero-order chi connectivity index (χ0) is 36.6. The number of rotatable bonds is 12. The molecule has 0 aromatic heterocycles. The number of fused-ring (bicyclic) bond motifs is 1. The first-order chi connectivity index (χ1) is 23.6. The van der Waals surface area contributed by atoms with Gasteiger partial charge in [0.1, 0.15) is 6.10 Å². The summed E-state index contributed by atoms with van der Waals surface area (Å²) in [4.78, 5) is 13.0. The molecule has 0 radical (unpaired) electrons. The lowest BCUT2D eigenvalue weighted by molar-refractivity contribution is -0.142. The van der Waals surface area contributed by atoms with E-state index in [9.17, 15) is 9.90 Å². The molecule has 3 fully saturated rings. The van der Waals surface area contributed by atoms with E-state index < -0.39 is 18.2 Å². The molecule has 0 aromatic carbocycles. The molecule has 2 unspecified atom stereocenters. The summed E-state index contributed by atoms with van der Waals surface area (Å²) in [5.41, 5.74) is 8.95. The Morgan fingerprint density at radius 3 is 2.46 bits per heavy atom. The second-order valence-corrected chi connectivity index (χ2v) is 17.8. The van der Waals surface area contributed by atoms with Gasteiger partial charge < -0.3 is 9.84 Å². The van der Waals surface area contributed by atoms with E-state index in [1.54, 1.807) is 5.57 Å². The molecule has 4 aliphatic carbocycles. The Kier molecular flexibility index (Phi) is 14.2. The van der Waals surface area contributed by atoms with Crippen LogP contribution in [-0.2, 0) is 9.53 Å². The van der Waals surface area contributed by atoms with E-state index in [-0.39, 0.29) is 5.41 Å². The molecule has 0 heterocycles. The minimum Gasteiger partial charge on any atom is -0.454 e. The number of carbonyl (C=O) groups excluding carboxylic acids is 1. The fraction of sp³-hybridized carbons (Fsp3) is 0.638. The molecule has 3 nitrogen and oxygen atoms in total. The minimum absolute atomic E-state index is 0.227. The fourth-order valence-corrected chi connectivity index (χ4v) is 9.87. The number of esters is 1. The van der Waals surface area contributed by atoms with Crippen molar-refractivity contribution in [3.05, 3.63) is 94.2 Å². The maximum atomic E-state index is 13.0. The van der Waals surface area contributed by atoms with Crippen LogP contribution in [0.4, 0.5) is 0 Å². The third kappa shape index (κ3) is 10.5. The van der Waals surface area contributed by atoms with Crippen LogP contribution < -0.4 is 0 Å². The number of hydrogen-bond donors (Lipinski definition) is 1. The largest absolute Gasteiger partial charge is 0.454 e. The summed E-state index contributed by atoms with van der Waals surface area (Å²) in [7, 11) is 0. The van der Waals surface area contributed by atoms with Crippen molar-refractivity contribution in [1.82, 2.24) is 0 Å². The van der Waals surface area contributed by atoms with Crippen LogP contribution in [0.15, 0.2) is 94.2 Å². The van der Waals surface area contributed by atoms with Crippen molar-refractivity contribution in [1.29, 1.82) is 0 Å². The Balaban J connectivity index is 1.36. The summed E-state index contributed by atoms with van der Waals surface area (Å²) >= 11 is 0. The first-order valence-electron chi connectivity index (χ1n) is 20.0. The average molecular weight is 683 g/mol. The van der Waals surface area contributed by atoms with Crippen LogP contribution in [0.25, 0.3) is 0 Å². The van der Waals surface area contributed by atoms with E-state index in [1.165, 1.54) is 81.4 Å². The quantitative estimate of drug-likeness (QED) is 0.127. The smallest absolute Gasteiger partial charge is 0.331 e. The standard InChI is InChI=1S/C47H70O3/c1-32(2)15-11-18-36(6)42-25-26-43-38(20-14-28-47(42,43)10)22-23-39-30-40(48)31-44(37(39)7)50-45(49)29-34(4)17-12-16-33(3)21-24-41-35(5)19-13-27-46(41,8)9/h12,16-17,21-24,29,32,36,40,42-44,48H,7,11,13-15,18-20,25-28,30-31H2,1-6,8-10H3/b17-12+,24-21+,33-16+,34-29+,38-22+,39-23-/t36-,40-,42-,43?,44+,47?/m1/s1. The lowest BCUT2D eigenvalue weighted by Crippen LogP contribution is -2.36. The summed E-state index contributed by atoms with van der Waals surface area (Å²) in [5.74, 6) is 2.62. The highest BCUT2D eigenvalue weighted by molar-refractivity contribution is 5.83. The zero-order valence-corrected chi connectivity index (χ0v) is 33.2. The van der Waals surface area contributed by atoms with Gasteiger partial charge in [-0.3, -0.25) is 0 Å². The first kappa shape index (κ1) is 40.1. The van der Waals surface area contributed by atoms with E-state index in [0.717, 1.165) is 46.5 Å². The Hall–Kier alpha value is -2.65. The van der Waals surface area contributed by atoms with Crippen LogP contribution in [0.1, 0.15) is 146 Å². The number of aliphatic hydroxyl groups is 1. The van der Waals surface area contributed by atoms with E-state index in [4.69, 9.17) is 4.74 Å². The Morgan fingerprint density at radius 1 is 1.00 bits per heavy atom. The normalized spacial score (nSPS) is 31.8. The Bertz CT molecular complexity index is 1440. The highest BCUT2D eigenvalue weighted by Crippen LogP contribution is 2.60. The first-order valence-corrected chi connectivity index (χ1v) is 20.0. The monoisotopic (exact) mass is 683 g/mol. The predicted molar refractivity (Wildman–Crippen MR) is 213 cm³/mol. The van der Waals surface area contributed by atoms with Gasteiger partial charge in [0.05, 0.1) is 6.10 Å². The molecule has 276 valence electrons. The molecule has 4 aliphatic rings. The predicted octanol–water partition coefficient (Wildman–Crippen LogP) is 12.7. The van der Waals surface area contributed by atoms with Gasteiger partial charge in [0.15, 0.2) is 0 Å². The molecule has 0 aliphatic heterocycles. The van der Waals surface area contributed by atoms with Gasteiger partial charge in [0, 0.05) is 12.5 Å². The van der Waals surface area contributed by atoms with Gasteiger partial charge >= 0.3 is 5.97 Å². The maximum absolute atomic E-state index is 13.0. The molecule has 3 saturated carbocycles. The molecule has 0 bridgehead atoms. The van der Waals surface area contributed by atoms with Gasteiger partial charge in [0.2, 0.25) is 0 Å². The number of ether oxygens (including phenoxy) is 1. The van der Waals surface area contributed by atoms with Crippen molar-refractivity contribution in [2.24, 2.45) is 34.5 Å². The zero-order valence-electron chi connectivity index (χ0n) is 33.2. The maximum Gasteiger partial charge on any atom is 0.331 e. The molecule has 3 heteroatoms. The molecule has 0 saturated heterocycles. The van der Waals surface area contributed by atoms with Crippen LogP contribution in [0, 0.1) is 34.5 Å². The molecule has 0 aromatic rings. The molecule has 50 heavy (non-hydrogen) atoms. The van der Waals surface area contributed by atoms with E-state index >= 15 is 0 Å². The Morgan fingerprint density at radius 2 is 1.74 bits per heavy atom. The minimum atomic E-state index is -0.549. The van der Waals surface area contributed by atoms with Gasteiger partial charge in [-0.25, -0.2) is 4.79 Å². The lowest BCUT2D eigenvalue weighted by atomic mass is 9.60. The lowest BCUT2D eigenvalue weighted by Gasteiger charge is -2.44.